The van der Waals surface area contributed by atoms with E-state index in [9.17, 15) is 9.65 Å². The van der Waals surface area contributed by atoms with Crippen molar-refractivity contribution in [1.29, 1.82) is 5.26 Å². The Morgan fingerprint density at radius 1 is 1.14 bits per heavy atom. The van der Waals surface area contributed by atoms with Gasteiger partial charge in [0, 0.05) is 17.2 Å². The van der Waals surface area contributed by atoms with Crippen LogP contribution in [0.5, 0.6) is 11.5 Å². The van der Waals surface area contributed by atoms with Crippen LogP contribution in [0.4, 0.5) is 4.39 Å². The van der Waals surface area contributed by atoms with Crippen molar-refractivity contribution >= 4 is 11.6 Å². The predicted octanol–water partition coefficient (Wildman–Crippen LogP) is 3.91. The van der Waals surface area contributed by atoms with Crippen LogP contribution in [0, 0.1) is 17.1 Å². The molecule has 0 aromatic heterocycles. The molecule has 3 nitrogen and oxygen atoms in total. The summed E-state index contributed by atoms with van der Waals surface area (Å²) in [5.74, 6) is 0.768. The molecule has 106 valence electrons. The van der Waals surface area contributed by atoms with Gasteiger partial charge >= 0.3 is 0 Å². The van der Waals surface area contributed by atoms with E-state index in [1.807, 2.05) is 6.07 Å². The third kappa shape index (κ3) is 3.21. The lowest BCUT2D eigenvalue weighted by atomic mass is 10.0. The third-order valence-electron chi connectivity index (χ3n) is 3.02. The Kier molecular flexibility index (Phi) is 4.57. The van der Waals surface area contributed by atoms with Gasteiger partial charge in [0.1, 0.15) is 17.3 Å². The van der Waals surface area contributed by atoms with Crippen molar-refractivity contribution in [2.75, 3.05) is 14.2 Å². The smallest absolute Gasteiger partial charge is 0.131 e. The van der Waals surface area contributed by atoms with E-state index >= 15 is 0 Å². The Morgan fingerprint density at radius 2 is 1.90 bits per heavy atom. The lowest BCUT2D eigenvalue weighted by Gasteiger charge is -2.08. The van der Waals surface area contributed by atoms with Crippen molar-refractivity contribution in [1.82, 2.24) is 0 Å². The summed E-state index contributed by atoms with van der Waals surface area (Å²) in [6, 6.07) is 13.4. The monoisotopic (exact) mass is 283 g/mol. The fraction of sp³-hybridized carbons (Fsp3) is 0.118. The fourth-order valence-corrected chi connectivity index (χ4v) is 1.94. The van der Waals surface area contributed by atoms with E-state index in [2.05, 4.69) is 0 Å². The van der Waals surface area contributed by atoms with E-state index in [1.165, 1.54) is 13.2 Å². The van der Waals surface area contributed by atoms with Crippen molar-refractivity contribution in [3.63, 3.8) is 0 Å². The molecule has 2 aromatic rings. The molecule has 0 saturated carbocycles. The average Bonchev–Trinajstić information content (AvgIpc) is 2.53. The zero-order valence-electron chi connectivity index (χ0n) is 11.8. The number of hydrogen-bond donors (Lipinski definition) is 0. The quantitative estimate of drug-likeness (QED) is 0.631. The molecular formula is C17H14FNO2. The van der Waals surface area contributed by atoms with Gasteiger partial charge < -0.3 is 9.47 Å². The highest BCUT2D eigenvalue weighted by atomic mass is 19.1. The van der Waals surface area contributed by atoms with E-state index in [0.717, 1.165) is 0 Å². The first-order chi connectivity index (χ1) is 10.2. The molecule has 0 aliphatic carbocycles. The molecule has 0 fully saturated rings. The SMILES string of the molecule is COc1ccc(/C=C(/C#N)c2ccccc2F)c(OC)c1. The van der Waals surface area contributed by atoms with Gasteiger partial charge in [0.15, 0.2) is 0 Å². The van der Waals surface area contributed by atoms with Gasteiger partial charge in [-0.1, -0.05) is 18.2 Å². The van der Waals surface area contributed by atoms with E-state index in [4.69, 9.17) is 9.47 Å². The Bertz CT molecular complexity index is 717. The molecular weight excluding hydrogens is 269 g/mol. The predicted molar refractivity (Wildman–Crippen MR) is 79.4 cm³/mol. The van der Waals surface area contributed by atoms with Gasteiger partial charge in [-0.25, -0.2) is 4.39 Å². The van der Waals surface area contributed by atoms with Crippen LogP contribution in [0.1, 0.15) is 11.1 Å². The maximum Gasteiger partial charge on any atom is 0.131 e. The minimum absolute atomic E-state index is 0.233. The molecule has 21 heavy (non-hydrogen) atoms. The first kappa shape index (κ1) is 14.6. The molecule has 2 aromatic carbocycles. The first-order valence-electron chi connectivity index (χ1n) is 6.28. The minimum atomic E-state index is -0.433. The standard InChI is InChI=1S/C17H14FNO2/c1-20-14-8-7-12(17(10-14)21-2)9-13(11-19)15-5-3-4-6-16(15)18/h3-10H,1-2H3/b13-9-. The zero-order valence-corrected chi connectivity index (χ0v) is 11.8. The summed E-state index contributed by atoms with van der Waals surface area (Å²) in [4.78, 5) is 0. The normalized spacial score (nSPS) is 10.9. The second kappa shape index (κ2) is 6.58. The van der Waals surface area contributed by atoms with Gasteiger partial charge in [-0.3, -0.25) is 0 Å². The van der Waals surface area contributed by atoms with Gasteiger partial charge in [-0.2, -0.15) is 5.26 Å². The first-order valence-corrected chi connectivity index (χ1v) is 6.28. The number of nitrogens with zero attached hydrogens (tertiary/aromatic N) is 1. The second-order valence-corrected chi connectivity index (χ2v) is 4.26. The van der Waals surface area contributed by atoms with Crippen LogP contribution in [0.2, 0.25) is 0 Å². The fourth-order valence-electron chi connectivity index (χ4n) is 1.94. The zero-order chi connectivity index (χ0) is 15.2. The number of hydrogen-bond acceptors (Lipinski definition) is 3. The largest absolute Gasteiger partial charge is 0.497 e. The maximum atomic E-state index is 13.8. The van der Waals surface area contributed by atoms with Gasteiger partial charge in [0.25, 0.3) is 0 Å². The Morgan fingerprint density at radius 3 is 2.52 bits per heavy atom. The minimum Gasteiger partial charge on any atom is -0.497 e. The summed E-state index contributed by atoms with van der Waals surface area (Å²) in [7, 11) is 3.09. The highest BCUT2D eigenvalue weighted by molar-refractivity contribution is 5.90. The summed E-state index contributed by atoms with van der Waals surface area (Å²) in [5.41, 5.74) is 1.17. The number of allylic oxidation sites excluding steroid dienone is 1. The van der Waals surface area contributed by atoms with Crippen LogP contribution in [0.25, 0.3) is 11.6 Å². The van der Waals surface area contributed by atoms with Gasteiger partial charge in [-0.05, 0) is 24.3 Å². The Hall–Kier alpha value is -2.80. The van der Waals surface area contributed by atoms with Crippen LogP contribution < -0.4 is 9.47 Å². The molecule has 0 heterocycles. The highest BCUT2D eigenvalue weighted by Gasteiger charge is 2.09. The maximum absolute atomic E-state index is 13.8. The van der Waals surface area contributed by atoms with Crippen LogP contribution in [-0.2, 0) is 0 Å². The summed E-state index contributed by atoms with van der Waals surface area (Å²) < 4.78 is 24.2. The molecule has 0 spiro atoms. The lowest BCUT2D eigenvalue weighted by Crippen LogP contribution is -1.91. The number of nitriles is 1. The number of rotatable bonds is 4. The van der Waals surface area contributed by atoms with Crippen LogP contribution in [-0.4, -0.2) is 14.2 Å². The molecule has 0 aliphatic heterocycles. The molecule has 2 rings (SSSR count). The highest BCUT2D eigenvalue weighted by Crippen LogP contribution is 2.29. The van der Waals surface area contributed by atoms with E-state index in [-0.39, 0.29) is 11.1 Å². The van der Waals surface area contributed by atoms with Crippen molar-refractivity contribution < 1.29 is 13.9 Å². The Balaban J connectivity index is 2.51. The summed E-state index contributed by atoms with van der Waals surface area (Å²) in [5, 5.41) is 9.28. The molecule has 0 amide bonds. The topological polar surface area (TPSA) is 42.2 Å². The molecule has 0 bridgehead atoms. The molecule has 0 atom stereocenters. The lowest BCUT2D eigenvalue weighted by molar-refractivity contribution is 0.394. The molecule has 4 heteroatoms. The number of ether oxygens (including phenoxy) is 2. The van der Waals surface area contributed by atoms with E-state index in [1.54, 1.807) is 49.6 Å². The van der Waals surface area contributed by atoms with Crippen molar-refractivity contribution in [3.05, 3.63) is 59.4 Å². The third-order valence-corrected chi connectivity index (χ3v) is 3.02. The van der Waals surface area contributed by atoms with Crippen molar-refractivity contribution in [2.24, 2.45) is 0 Å². The van der Waals surface area contributed by atoms with Crippen molar-refractivity contribution in [2.45, 2.75) is 0 Å². The van der Waals surface area contributed by atoms with Crippen LogP contribution in [0.15, 0.2) is 42.5 Å². The number of methoxy groups -OCH3 is 2. The number of benzene rings is 2. The van der Waals surface area contributed by atoms with E-state index in [0.29, 0.717) is 17.1 Å². The molecule has 0 unspecified atom stereocenters. The average molecular weight is 283 g/mol. The summed E-state index contributed by atoms with van der Waals surface area (Å²) in [6.45, 7) is 0. The van der Waals surface area contributed by atoms with Gasteiger partial charge in [-0.15, -0.1) is 0 Å². The molecule has 0 N–H and O–H groups in total. The van der Waals surface area contributed by atoms with Crippen LogP contribution in [0.3, 0.4) is 0 Å². The van der Waals surface area contributed by atoms with E-state index < -0.39 is 5.82 Å². The summed E-state index contributed by atoms with van der Waals surface area (Å²) >= 11 is 0. The number of halogens is 1. The summed E-state index contributed by atoms with van der Waals surface area (Å²) in [6.07, 6.45) is 1.59. The molecule has 0 radical (unpaired) electrons. The molecule has 0 saturated heterocycles. The van der Waals surface area contributed by atoms with Gasteiger partial charge in [0.05, 0.1) is 25.9 Å². The second-order valence-electron chi connectivity index (χ2n) is 4.26. The Labute approximate surface area is 122 Å². The van der Waals surface area contributed by atoms with Crippen LogP contribution >= 0.6 is 0 Å². The molecule has 0 aliphatic rings. The van der Waals surface area contributed by atoms with Crippen molar-refractivity contribution in [3.8, 4) is 17.6 Å². The van der Waals surface area contributed by atoms with Gasteiger partial charge in [0.2, 0.25) is 0 Å².